The lowest BCUT2D eigenvalue weighted by Crippen LogP contribution is -2.16. The van der Waals surface area contributed by atoms with E-state index in [-0.39, 0.29) is 0 Å². The summed E-state index contributed by atoms with van der Waals surface area (Å²) in [5.41, 5.74) is 1.30. The average molecular weight is 277 g/mol. The van der Waals surface area contributed by atoms with Gasteiger partial charge in [-0.3, -0.25) is 4.79 Å². The number of hydrogen-bond acceptors (Lipinski definition) is 3. The lowest BCUT2D eigenvalue weighted by Gasteiger charge is -2.13. The molecule has 0 saturated heterocycles. The van der Waals surface area contributed by atoms with Crippen molar-refractivity contribution in [3.8, 4) is 0 Å². The molecular formula is C14H13ClN2O2. The maximum Gasteiger partial charge on any atom is 0.312 e. The highest BCUT2D eigenvalue weighted by Crippen LogP contribution is 2.24. The number of aliphatic carboxylic acids is 1. The molecule has 5 heteroatoms. The molecule has 0 fully saturated rings. The number of aryl methyl sites for hydroxylation is 1. The molecule has 1 unspecified atom stereocenters. The van der Waals surface area contributed by atoms with E-state index in [2.05, 4.69) is 9.97 Å². The van der Waals surface area contributed by atoms with Crippen molar-refractivity contribution in [3.63, 3.8) is 0 Å². The minimum atomic E-state index is -0.919. The summed E-state index contributed by atoms with van der Waals surface area (Å²) in [6.45, 7) is 1.73. The zero-order valence-electron chi connectivity index (χ0n) is 10.4. The summed E-state index contributed by atoms with van der Waals surface area (Å²) in [4.78, 5) is 19.6. The average Bonchev–Trinajstić information content (AvgIpc) is 2.37. The van der Waals surface area contributed by atoms with Gasteiger partial charge in [-0.2, -0.15) is 0 Å². The van der Waals surface area contributed by atoms with Crippen LogP contribution >= 0.6 is 11.6 Å². The molecule has 19 heavy (non-hydrogen) atoms. The van der Waals surface area contributed by atoms with Crippen LogP contribution in [0.4, 0.5) is 0 Å². The van der Waals surface area contributed by atoms with E-state index in [0.29, 0.717) is 23.0 Å². The number of rotatable bonds is 4. The van der Waals surface area contributed by atoms with Gasteiger partial charge in [0, 0.05) is 11.2 Å². The first-order valence-electron chi connectivity index (χ1n) is 5.83. The van der Waals surface area contributed by atoms with Crippen LogP contribution in [-0.2, 0) is 11.2 Å². The highest BCUT2D eigenvalue weighted by Gasteiger charge is 2.22. The Bertz CT molecular complexity index is 602. The van der Waals surface area contributed by atoms with Gasteiger partial charge in [0.15, 0.2) is 0 Å². The molecule has 0 aliphatic carbocycles. The van der Waals surface area contributed by atoms with Crippen molar-refractivity contribution in [1.29, 1.82) is 0 Å². The fourth-order valence-corrected chi connectivity index (χ4v) is 2.08. The predicted molar refractivity (Wildman–Crippen MR) is 72.3 cm³/mol. The van der Waals surface area contributed by atoms with Gasteiger partial charge in [0.05, 0.1) is 5.69 Å². The molecule has 0 spiro atoms. The van der Waals surface area contributed by atoms with E-state index in [1.165, 1.54) is 0 Å². The number of hydrogen-bond donors (Lipinski definition) is 1. The summed E-state index contributed by atoms with van der Waals surface area (Å²) in [7, 11) is 0. The van der Waals surface area contributed by atoms with Crippen LogP contribution in [0, 0.1) is 6.92 Å². The first-order chi connectivity index (χ1) is 9.08. The van der Waals surface area contributed by atoms with Crippen LogP contribution in [0.15, 0.2) is 36.5 Å². The third kappa shape index (κ3) is 3.29. The Hall–Kier alpha value is -1.94. The number of carbonyl (C=O) groups is 1. The SMILES string of the molecule is Cc1nccc(C(Cc2ccccc2Cl)C(=O)O)n1. The second-order valence-electron chi connectivity index (χ2n) is 4.22. The molecule has 1 N–H and O–H groups in total. The van der Waals surface area contributed by atoms with Crippen molar-refractivity contribution in [2.45, 2.75) is 19.3 Å². The van der Waals surface area contributed by atoms with Gasteiger partial charge in [-0.25, -0.2) is 9.97 Å². The lowest BCUT2D eigenvalue weighted by molar-refractivity contribution is -0.138. The van der Waals surface area contributed by atoms with Gasteiger partial charge < -0.3 is 5.11 Å². The van der Waals surface area contributed by atoms with Crippen molar-refractivity contribution in [1.82, 2.24) is 9.97 Å². The van der Waals surface area contributed by atoms with Gasteiger partial charge in [-0.1, -0.05) is 29.8 Å². The summed E-state index contributed by atoms with van der Waals surface area (Å²) >= 11 is 6.07. The minimum Gasteiger partial charge on any atom is -0.481 e. The van der Waals surface area contributed by atoms with E-state index in [1.807, 2.05) is 18.2 Å². The molecule has 0 bridgehead atoms. The highest BCUT2D eigenvalue weighted by atomic mass is 35.5. The third-order valence-corrected chi connectivity index (χ3v) is 3.20. The maximum absolute atomic E-state index is 11.4. The molecule has 0 aliphatic heterocycles. The van der Waals surface area contributed by atoms with E-state index in [4.69, 9.17) is 11.6 Å². The number of aromatic nitrogens is 2. The van der Waals surface area contributed by atoms with E-state index in [9.17, 15) is 9.90 Å². The molecule has 0 saturated carbocycles. The summed E-state index contributed by atoms with van der Waals surface area (Å²) < 4.78 is 0. The Morgan fingerprint density at radius 3 is 2.74 bits per heavy atom. The summed E-state index contributed by atoms with van der Waals surface area (Å²) in [5.74, 6) is -1.08. The van der Waals surface area contributed by atoms with Gasteiger partial charge in [-0.15, -0.1) is 0 Å². The van der Waals surface area contributed by atoms with Crippen LogP contribution in [-0.4, -0.2) is 21.0 Å². The van der Waals surface area contributed by atoms with Gasteiger partial charge in [0.1, 0.15) is 11.7 Å². The monoisotopic (exact) mass is 276 g/mol. The molecule has 0 amide bonds. The van der Waals surface area contributed by atoms with E-state index in [1.54, 1.807) is 25.3 Å². The Labute approximate surface area is 116 Å². The van der Waals surface area contributed by atoms with Crippen molar-refractivity contribution in [2.75, 3.05) is 0 Å². The summed E-state index contributed by atoms with van der Waals surface area (Å²) in [6, 6.07) is 8.86. The number of halogens is 1. The summed E-state index contributed by atoms with van der Waals surface area (Å²) in [6.07, 6.45) is 1.88. The molecule has 4 nitrogen and oxygen atoms in total. The molecular weight excluding hydrogens is 264 g/mol. The summed E-state index contributed by atoms with van der Waals surface area (Å²) in [5, 5.41) is 9.94. The second kappa shape index (κ2) is 5.80. The predicted octanol–water partition coefficient (Wildman–Crippen LogP) is 2.85. The molecule has 1 heterocycles. The largest absolute Gasteiger partial charge is 0.481 e. The van der Waals surface area contributed by atoms with Gasteiger partial charge in [-0.05, 0) is 31.0 Å². The Balaban J connectivity index is 2.32. The maximum atomic E-state index is 11.4. The van der Waals surface area contributed by atoms with Crippen LogP contribution in [0.2, 0.25) is 5.02 Å². The van der Waals surface area contributed by atoms with Gasteiger partial charge in [0.25, 0.3) is 0 Å². The minimum absolute atomic E-state index is 0.311. The molecule has 1 aromatic heterocycles. The number of nitrogens with zero attached hydrogens (tertiary/aromatic N) is 2. The fourth-order valence-electron chi connectivity index (χ4n) is 1.87. The van der Waals surface area contributed by atoms with Crippen molar-refractivity contribution >= 4 is 17.6 Å². The zero-order valence-corrected chi connectivity index (χ0v) is 11.1. The smallest absolute Gasteiger partial charge is 0.312 e. The standard InChI is InChI=1S/C14H13ClN2O2/c1-9-16-7-6-13(17-9)11(14(18)19)8-10-4-2-3-5-12(10)15/h2-7,11H,8H2,1H3,(H,18,19). The van der Waals surface area contributed by atoms with Crippen molar-refractivity contribution < 1.29 is 9.90 Å². The first kappa shape index (κ1) is 13.5. The van der Waals surface area contributed by atoms with E-state index >= 15 is 0 Å². The number of benzene rings is 1. The van der Waals surface area contributed by atoms with Crippen LogP contribution in [0.1, 0.15) is 23.0 Å². The molecule has 1 atom stereocenters. The molecule has 2 aromatic rings. The second-order valence-corrected chi connectivity index (χ2v) is 4.62. The Morgan fingerprint density at radius 2 is 2.11 bits per heavy atom. The highest BCUT2D eigenvalue weighted by molar-refractivity contribution is 6.31. The third-order valence-electron chi connectivity index (χ3n) is 2.83. The number of carboxylic acids is 1. The molecule has 1 aromatic carbocycles. The lowest BCUT2D eigenvalue weighted by atomic mass is 9.96. The molecule has 0 radical (unpaired) electrons. The molecule has 0 aliphatic rings. The van der Waals surface area contributed by atoms with Crippen LogP contribution in [0.5, 0.6) is 0 Å². The Morgan fingerprint density at radius 1 is 1.37 bits per heavy atom. The Kier molecular flexibility index (Phi) is 4.12. The normalized spacial score (nSPS) is 12.1. The number of carboxylic acid groups (broad SMARTS) is 1. The van der Waals surface area contributed by atoms with Crippen molar-refractivity contribution in [2.24, 2.45) is 0 Å². The fraction of sp³-hybridized carbons (Fsp3) is 0.214. The van der Waals surface area contributed by atoms with E-state index < -0.39 is 11.9 Å². The van der Waals surface area contributed by atoms with Crippen LogP contribution in [0.3, 0.4) is 0 Å². The van der Waals surface area contributed by atoms with Crippen molar-refractivity contribution in [3.05, 3.63) is 58.6 Å². The zero-order chi connectivity index (χ0) is 13.8. The molecule has 98 valence electrons. The molecule has 2 rings (SSSR count). The van der Waals surface area contributed by atoms with Crippen LogP contribution in [0.25, 0.3) is 0 Å². The topological polar surface area (TPSA) is 63.1 Å². The van der Waals surface area contributed by atoms with Gasteiger partial charge >= 0.3 is 5.97 Å². The van der Waals surface area contributed by atoms with Gasteiger partial charge in [0.2, 0.25) is 0 Å². The quantitative estimate of drug-likeness (QED) is 0.933. The first-order valence-corrected chi connectivity index (χ1v) is 6.21. The van der Waals surface area contributed by atoms with E-state index in [0.717, 1.165) is 5.56 Å². The van der Waals surface area contributed by atoms with Crippen LogP contribution < -0.4 is 0 Å².